The molecule has 16 heavy (non-hydrogen) atoms. The van der Waals surface area contributed by atoms with Crippen molar-refractivity contribution in [3.63, 3.8) is 0 Å². The van der Waals surface area contributed by atoms with E-state index < -0.39 is 0 Å². The quantitative estimate of drug-likeness (QED) is 0.812. The number of aromatic nitrogens is 4. The van der Waals surface area contributed by atoms with E-state index in [2.05, 4.69) is 19.9 Å². The lowest BCUT2D eigenvalue weighted by Crippen LogP contribution is -2.10. The molecule has 1 aliphatic carbocycles. The zero-order valence-corrected chi connectivity index (χ0v) is 8.55. The van der Waals surface area contributed by atoms with Crippen LogP contribution in [0.25, 0.3) is 11.6 Å². The van der Waals surface area contributed by atoms with Crippen LogP contribution >= 0.6 is 0 Å². The van der Waals surface area contributed by atoms with Gasteiger partial charge in [-0.15, -0.1) is 0 Å². The van der Waals surface area contributed by atoms with Gasteiger partial charge in [0.25, 0.3) is 5.56 Å². The lowest BCUT2D eigenvalue weighted by Gasteiger charge is -2.01. The van der Waals surface area contributed by atoms with E-state index in [9.17, 15) is 4.79 Å². The summed E-state index contributed by atoms with van der Waals surface area (Å²) in [6.07, 6.45) is 5.50. The Balaban J connectivity index is 2.10. The Morgan fingerprint density at radius 2 is 2.00 bits per heavy atom. The van der Waals surface area contributed by atoms with Crippen LogP contribution in [-0.2, 0) is 0 Å². The van der Waals surface area contributed by atoms with Crippen LogP contribution in [0.2, 0.25) is 0 Å². The van der Waals surface area contributed by atoms with Gasteiger partial charge >= 0.3 is 0 Å². The van der Waals surface area contributed by atoms with Crippen LogP contribution in [0.15, 0.2) is 29.3 Å². The van der Waals surface area contributed by atoms with E-state index in [4.69, 9.17) is 0 Å². The molecule has 0 saturated heterocycles. The van der Waals surface area contributed by atoms with Crippen LogP contribution in [0.4, 0.5) is 0 Å². The number of hydrogen-bond acceptors (Lipinski definition) is 4. The summed E-state index contributed by atoms with van der Waals surface area (Å²) < 4.78 is 0. The van der Waals surface area contributed by atoms with Gasteiger partial charge in [-0.05, 0) is 18.9 Å². The van der Waals surface area contributed by atoms with E-state index in [1.165, 1.54) is 0 Å². The topological polar surface area (TPSA) is 71.5 Å². The number of nitrogens with one attached hydrogen (secondary N) is 1. The maximum atomic E-state index is 11.5. The minimum Gasteiger partial charge on any atom is -0.304 e. The molecule has 1 N–H and O–H groups in total. The summed E-state index contributed by atoms with van der Waals surface area (Å²) in [4.78, 5) is 26.6. The summed E-state index contributed by atoms with van der Waals surface area (Å²) in [5, 5.41) is 0. The molecular weight excluding hydrogens is 204 g/mol. The zero-order valence-electron chi connectivity index (χ0n) is 8.55. The highest BCUT2D eigenvalue weighted by Crippen LogP contribution is 2.38. The second-order valence-electron chi connectivity index (χ2n) is 3.87. The summed E-state index contributed by atoms with van der Waals surface area (Å²) in [7, 11) is 0. The predicted octanol–water partition coefficient (Wildman–Crippen LogP) is 1.10. The van der Waals surface area contributed by atoms with Gasteiger partial charge in [0.15, 0.2) is 11.6 Å². The van der Waals surface area contributed by atoms with E-state index in [0.29, 0.717) is 17.6 Å². The van der Waals surface area contributed by atoms with Crippen molar-refractivity contribution < 1.29 is 0 Å². The molecule has 2 aromatic heterocycles. The van der Waals surface area contributed by atoms with Crippen LogP contribution in [0, 0.1) is 0 Å². The standard InChI is InChI=1S/C11H10N4O/c16-9-6-8(7-2-3-7)14-11(15-9)10-12-4-1-5-13-10/h1,4-7H,2-3H2,(H,14,15,16). The maximum Gasteiger partial charge on any atom is 0.251 e. The third-order valence-electron chi connectivity index (χ3n) is 2.53. The fraction of sp³-hybridized carbons (Fsp3) is 0.273. The fourth-order valence-electron chi connectivity index (χ4n) is 1.59. The highest BCUT2D eigenvalue weighted by atomic mass is 16.1. The summed E-state index contributed by atoms with van der Waals surface area (Å²) in [6, 6.07) is 3.29. The van der Waals surface area contributed by atoms with Gasteiger partial charge in [0.1, 0.15) is 0 Å². The van der Waals surface area contributed by atoms with Gasteiger partial charge in [0.2, 0.25) is 0 Å². The third-order valence-corrected chi connectivity index (χ3v) is 2.53. The van der Waals surface area contributed by atoms with Crippen LogP contribution < -0.4 is 5.56 Å². The molecular formula is C11H10N4O. The van der Waals surface area contributed by atoms with Gasteiger partial charge in [0.05, 0.1) is 5.69 Å². The van der Waals surface area contributed by atoms with Crippen molar-refractivity contribution in [3.05, 3.63) is 40.6 Å². The molecule has 3 rings (SSSR count). The molecule has 5 nitrogen and oxygen atoms in total. The molecule has 0 aliphatic heterocycles. The van der Waals surface area contributed by atoms with Crippen LogP contribution in [0.5, 0.6) is 0 Å². The average molecular weight is 214 g/mol. The lowest BCUT2D eigenvalue weighted by molar-refractivity contribution is 0.958. The second-order valence-corrected chi connectivity index (χ2v) is 3.87. The van der Waals surface area contributed by atoms with Crippen molar-refractivity contribution in [2.45, 2.75) is 18.8 Å². The third kappa shape index (κ3) is 1.71. The van der Waals surface area contributed by atoms with E-state index in [0.717, 1.165) is 18.5 Å². The van der Waals surface area contributed by atoms with Crippen molar-refractivity contribution in [3.8, 4) is 11.6 Å². The first-order valence-electron chi connectivity index (χ1n) is 5.21. The number of aromatic amines is 1. The van der Waals surface area contributed by atoms with Crippen LogP contribution in [0.3, 0.4) is 0 Å². The minimum absolute atomic E-state index is 0.139. The SMILES string of the molecule is O=c1cc(C2CC2)nc(-c2ncccn2)[nH]1. The molecule has 2 heterocycles. The van der Waals surface area contributed by atoms with Crippen LogP contribution in [0.1, 0.15) is 24.5 Å². The molecule has 0 bridgehead atoms. The molecule has 0 amide bonds. The second kappa shape index (κ2) is 3.52. The Hall–Kier alpha value is -2.04. The molecule has 5 heteroatoms. The van der Waals surface area contributed by atoms with Gasteiger partial charge in [-0.2, -0.15) is 0 Å². The summed E-state index contributed by atoms with van der Waals surface area (Å²) in [5.74, 6) is 1.36. The highest BCUT2D eigenvalue weighted by Gasteiger charge is 2.26. The molecule has 0 spiro atoms. The van der Waals surface area contributed by atoms with Crippen molar-refractivity contribution >= 4 is 0 Å². The average Bonchev–Trinajstić information content (AvgIpc) is 3.13. The van der Waals surface area contributed by atoms with Gasteiger partial charge in [-0.1, -0.05) is 0 Å². The van der Waals surface area contributed by atoms with E-state index in [1.54, 1.807) is 24.5 Å². The normalized spacial score (nSPS) is 15.0. The number of hydrogen-bond donors (Lipinski definition) is 1. The summed E-state index contributed by atoms with van der Waals surface area (Å²) >= 11 is 0. The molecule has 1 aliphatic rings. The smallest absolute Gasteiger partial charge is 0.251 e. The molecule has 1 fully saturated rings. The molecule has 0 aromatic carbocycles. The summed E-state index contributed by atoms with van der Waals surface area (Å²) in [6.45, 7) is 0. The highest BCUT2D eigenvalue weighted by molar-refractivity contribution is 5.42. The summed E-state index contributed by atoms with van der Waals surface area (Å²) in [5.41, 5.74) is 0.713. The lowest BCUT2D eigenvalue weighted by atomic mass is 10.3. The van der Waals surface area contributed by atoms with E-state index >= 15 is 0 Å². The monoisotopic (exact) mass is 214 g/mol. The fourth-order valence-corrected chi connectivity index (χ4v) is 1.59. The Morgan fingerprint density at radius 3 is 2.69 bits per heavy atom. The molecule has 80 valence electrons. The zero-order chi connectivity index (χ0) is 11.0. The Morgan fingerprint density at radius 1 is 1.25 bits per heavy atom. The molecule has 2 aromatic rings. The first-order valence-corrected chi connectivity index (χ1v) is 5.21. The van der Waals surface area contributed by atoms with Crippen molar-refractivity contribution in [1.82, 2.24) is 19.9 Å². The van der Waals surface area contributed by atoms with Gasteiger partial charge in [0, 0.05) is 24.4 Å². The first-order chi connectivity index (χ1) is 7.83. The van der Waals surface area contributed by atoms with Crippen molar-refractivity contribution in [1.29, 1.82) is 0 Å². The van der Waals surface area contributed by atoms with Gasteiger partial charge in [-0.25, -0.2) is 15.0 Å². The van der Waals surface area contributed by atoms with Gasteiger partial charge < -0.3 is 4.98 Å². The maximum absolute atomic E-state index is 11.5. The predicted molar refractivity (Wildman–Crippen MR) is 57.9 cm³/mol. The number of H-pyrrole nitrogens is 1. The van der Waals surface area contributed by atoms with E-state index in [-0.39, 0.29) is 5.56 Å². The van der Waals surface area contributed by atoms with Gasteiger partial charge in [-0.3, -0.25) is 4.79 Å². The molecule has 0 atom stereocenters. The Bertz CT molecular complexity index is 560. The Kier molecular flexibility index (Phi) is 2.02. The largest absolute Gasteiger partial charge is 0.304 e. The Labute approximate surface area is 91.6 Å². The van der Waals surface area contributed by atoms with E-state index in [1.807, 2.05) is 0 Å². The first kappa shape index (κ1) is 9.21. The molecule has 0 radical (unpaired) electrons. The molecule has 0 unspecified atom stereocenters. The van der Waals surface area contributed by atoms with Crippen molar-refractivity contribution in [2.75, 3.05) is 0 Å². The van der Waals surface area contributed by atoms with Crippen molar-refractivity contribution in [2.24, 2.45) is 0 Å². The number of nitrogens with zero attached hydrogens (tertiary/aromatic N) is 3. The number of rotatable bonds is 2. The van der Waals surface area contributed by atoms with Crippen LogP contribution in [-0.4, -0.2) is 19.9 Å². The molecule has 1 saturated carbocycles. The minimum atomic E-state index is -0.139.